The summed E-state index contributed by atoms with van der Waals surface area (Å²) in [6.45, 7) is 4.36. The van der Waals surface area contributed by atoms with Crippen LogP contribution in [0.5, 0.6) is 0 Å². The fraction of sp³-hybridized carbons (Fsp3) is 0.769. The fourth-order valence-corrected chi connectivity index (χ4v) is 2.34. The molecule has 7 heteroatoms. The van der Waals surface area contributed by atoms with Crippen LogP contribution in [0.15, 0.2) is 0 Å². The number of carboxylic acids is 1. The van der Waals surface area contributed by atoms with Gasteiger partial charge in [-0.25, -0.2) is 9.59 Å². The van der Waals surface area contributed by atoms with Crippen LogP contribution in [-0.4, -0.2) is 77.5 Å². The number of amides is 3. The Bertz CT molecular complexity index is 397. The van der Waals surface area contributed by atoms with Gasteiger partial charge in [0, 0.05) is 27.2 Å². The average molecular weight is 285 g/mol. The Morgan fingerprint density at radius 2 is 1.90 bits per heavy atom. The highest BCUT2D eigenvalue weighted by Crippen LogP contribution is 2.25. The molecule has 20 heavy (non-hydrogen) atoms. The molecule has 0 spiro atoms. The predicted molar refractivity (Wildman–Crippen MR) is 73.2 cm³/mol. The minimum absolute atomic E-state index is 0.0282. The van der Waals surface area contributed by atoms with Crippen LogP contribution in [0.4, 0.5) is 4.79 Å². The molecule has 0 saturated carbocycles. The van der Waals surface area contributed by atoms with Gasteiger partial charge in [-0.2, -0.15) is 0 Å². The van der Waals surface area contributed by atoms with Gasteiger partial charge in [0.25, 0.3) is 0 Å². The van der Waals surface area contributed by atoms with E-state index in [0.717, 1.165) is 0 Å². The molecule has 0 radical (unpaired) electrons. The summed E-state index contributed by atoms with van der Waals surface area (Å²) >= 11 is 0. The summed E-state index contributed by atoms with van der Waals surface area (Å²) < 4.78 is 0. The molecule has 114 valence electrons. The van der Waals surface area contributed by atoms with Gasteiger partial charge in [0.15, 0.2) is 0 Å². The van der Waals surface area contributed by atoms with Gasteiger partial charge < -0.3 is 19.8 Å². The second-order valence-electron chi connectivity index (χ2n) is 5.33. The lowest BCUT2D eigenvalue weighted by Gasteiger charge is -2.30. The Balaban J connectivity index is 2.80. The van der Waals surface area contributed by atoms with Crippen LogP contribution in [0.1, 0.15) is 20.3 Å². The minimum Gasteiger partial charge on any atom is -0.480 e. The largest absolute Gasteiger partial charge is 0.480 e. The van der Waals surface area contributed by atoms with Gasteiger partial charge in [0.05, 0.1) is 0 Å². The maximum Gasteiger partial charge on any atom is 0.326 e. The zero-order valence-corrected chi connectivity index (χ0v) is 12.5. The Morgan fingerprint density at radius 1 is 1.30 bits per heavy atom. The Hall–Kier alpha value is -1.79. The topological polar surface area (TPSA) is 81.2 Å². The summed E-state index contributed by atoms with van der Waals surface area (Å²) in [6.07, 6.45) is 0.669. The average Bonchev–Trinajstić information content (AvgIpc) is 2.76. The molecule has 1 rings (SSSR count). The lowest BCUT2D eigenvalue weighted by molar-refractivity contribution is -0.142. The van der Waals surface area contributed by atoms with E-state index < -0.39 is 12.0 Å². The fourth-order valence-electron chi connectivity index (χ4n) is 2.34. The molecule has 0 aromatic rings. The standard InChI is InChI=1S/C13H23N3O4/c1-5-15(8-10(17)14(3)4)13(20)16-7-6-9(2)11(16)12(18)19/h9,11H,5-8H2,1-4H3,(H,18,19). The van der Waals surface area contributed by atoms with Crippen molar-refractivity contribution in [3.05, 3.63) is 0 Å². The predicted octanol–water partition coefficient (Wildman–Crippen LogP) is 0.312. The van der Waals surface area contributed by atoms with Gasteiger partial charge in [-0.1, -0.05) is 6.92 Å². The van der Waals surface area contributed by atoms with Gasteiger partial charge in [0.1, 0.15) is 12.6 Å². The van der Waals surface area contributed by atoms with Crippen molar-refractivity contribution in [2.75, 3.05) is 33.7 Å². The monoisotopic (exact) mass is 285 g/mol. The molecular formula is C13H23N3O4. The van der Waals surface area contributed by atoms with Gasteiger partial charge >= 0.3 is 12.0 Å². The van der Waals surface area contributed by atoms with E-state index in [9.17, 15) is 19.5 Å². The number of urea groups is 1. The van der Waals surface area contributed by atoms with E-state index in [-0.39, 0.29) is 24.4 Å². The van der Waals surface area contributed by atoms with Crippen LogP contribution in [0.3, 0.4) is 0 Å². The zero-order chi connectivity index (χ0) is 15.4. The Kier molecular flexibility index (Phi) is 5.35. The summed E-state index contributed by atoms with van der Waals surface area (Å²) in [5.41, 5.74) is 0. The quantitative estimate of drug-likeness (QED) is 0.806. The van der Waals surface area contributed by atoms with Crippen LogP contribution < -0.4 is 0 Å². The van der Waals surface area contributed by atoms with Crippen molar-refractivity contribution in [3.63, 3.8) is 0 Å². The SMILES string of the molecule is CCN(CC(=O)N(C)C)C(=O)N1CCC(C)C1C(=O)O. The molecule has 0 bridgehead atoms. The molecule has 2 atom stereocenters. The van der Waals surface area contributed by atoms with E-state index >= 15 is 0 Å². The molecular weight excluding hydrogens is 262 g/mol. The van der Waals surface area contributed by atoms with E-state index in [1.807, 2.05) is 6.92 Å². The smallest absolute Gasteiger partial charge is 0.326 e. The molecule has 2 unspecified atom stereocenters. The van der Waals surface area contributed by atoms with Gasteiger partial charge in [-0.05, 0) is 19.3 Å². The van der Waals surface area contributed by atoms with Crippen molar-refractivity contribution in [2.24, 2.45) is 5.92 Å². The summed E-state index contributed by atoms with van der Waals surface area (Å²) in [4.78, 5) is 39.6. The summed E-state index contributed by atoms with van der Waals surface area (Å²) in [6, 6.07) is -1.18. The lowest BCUT2D eigenvalue weighted by atomic mass is 10.0. The van der Waals surface area contributed by atoms with Gasteiger partial charge in [-0.15, -0.1) is 0 Å². The third kappa shape index (κ3) is 3.40. The molecule has 1 aliphatic rings. The third-order valence-electron chi connectivity index (χ3n) is 3.68. The van der Waals surface area contributed by atoms with E-state index in [1.54, 1.807) is 21.0 Å². The van der Waals surface area contributed by atoms with E-state index in [2.05, 4.69) is 0 Å². The Labute approximate surface area is 119 Å². The number of carboxylic acid groups (broad SMARTS) is 1. The minimum atomic E-state index is -0.988. The number of nitrogens with zero attached hydrogens (tertiary/aromatic N) is 3. The molecule has 7 nitrogen and oxygen atoms in total. The third-order valence-corrected chi connectivity index (χ3v) is 3.68. The van der Waals surface area contributed by atoms with Gasteiger partial charge in [-0.3, -0.25) is 4.79 Å². The van der Waals surface area contributed by atoms with Crippen molar-refractivity contribution in [1.29, 1.82) is 0 Å². The van der Waals surface area contributed by atoms with E-state index in [4.69, 9.17) is 0 Å². The van der Waals surface area contributed by atoms with Crippen LogP contribution in [-0.2, 0) is 9.59 Å². The van der Waals surface area contributed by atoms with E-state index in [0.29, 0.717) is 19.5 Å². The van der Waals surface area contributed by atoms with Gasteiger partial charge in [0.2, 0.25) is 5.91 Å². The number of hydrogen-bond donors (Lipinski definition) is 1. The lowest BCUT2D eigenvalue weighted by Crippen LogP contribution is -2.51. The maximum absolute atomic E-state index is 12.4. The molecule has 1 fully saturated rings. The first-order valence-corrected chi connectivity index (χ1v) is 6.78. The second-order valence-corrected chi connectivity index (χ2v) is 5.33. The van der Waals surface area contributed by atoms with Crippen LogP contribution >= 0.6 is 0 Å². The molecule has 1 heterocycles. The van der Waals surface area contributed by atoms with E-state index in [1.165, 1.54) is 14.7 Å². The zero-order valence-electron chi connectivity index (χ0n) is 12.5. The number of hydrogen-bond acceptors (Lipinski definition) is 3. The summed E-state index contributed by atoms with van der Waals surface area (Å²) in [7, 11) is 3.25. The highest BCUT2D eigenvalue weighted by atomic mass is 16.4. The van der Waals surface area contributed by atoms with Crippen molar-refractivity contribution in [1.82, 2.24) is 14.7 Å². The Morgan fingerprint density at radius 3 is 2.35 bits per heavy atom. The summed E-state index contributed by atoms with van der Waals surface area (Å²) in [5, 5.41) is 9.24. The molecule has 0 aromatic heterocycles. The highest BCUT2D eigenvalue weighted by molar-refractivity contribution is 5.87. The first-order valence-electron chi connectivity index (χ1n) is 6.78. The second kappa shape index (κ2) is 6.58. The summed E-state index contributed by atoms with van der Waals surface area (Å²) in [5.74, 6) is -1.24. The van der Waals surface area contributed by atoms with Crippen LogP contribution in [0.25, 0.3) is 0 Å². The van der Waals surface area contributed by atoms with Crippen molar-refractivity contribution >= 4 is 17.9 Å². The van der Waals surface area contributed by atoms with Crippen LogP contribution in [0, 0.1) is 5.92 Å². The number of rotatable bonds is 4. The number of likely N-dealkylation sites (tertiary alicyclic amines) is 1. The number of aliphatic carboxylic acids is 1. The number of carbonyl (C=O) groups is 3. The first-order chi connectivity index (χ1) is 9.29. The van der Waals surface area contributed by atoms with Crippen molar-refractivity contribution in [2.45, 2.75) is 26.3 Å². The molecule has 1 N–H and O–H groups in total. The maximum atomic E-state index is 12.4. The molecule has 0 aromatic carbocycles. The van der Waals surface area contributed by atoms with Crippen LogP contribution in [0.2, 0.25) is 0 Å². The number of likely N-dealkylation sites (N-methyl/N-ethyl adjacent to an activating group) is 2. The number of carbonyl (C=O) groups excluding carboxylic acids is 2. The molecule has 1 saturated heterocycles. The normalized spacial score (nSPS) is 21.7. The molecule has 3 amide bonds. The molecule has 1 aliphatic heterocycles. The molecule has 0 aliphatic carbocycles. The first kappa shape index (κ1) is 16.3. The highest BCUT2D eigenvalue weighted by Gasteiger charge is 2.41. The van der Waals surface area contributed by atoms with Crippen molar-refractivity contribution in [3.8, 4) is 0 Å². The van der Waals surface area contributed by atoms with Crippen molar-refractivity contribution < 1.29 is 19.5 Å².